The molecule has 1 N–H and O–H groups in total. The van der Waals surface area contributed by atoms with Crippen LogP contribution in [-0.4, -0.2) is 34.1 Å². The summed E-state index contributed by atoms with van der Waals surface area (Å²) in [5, 5.41) is 9.66. The second kappa shape index (κ2) is 4.12. The molecule has 0 aromatic rings. The summed E-state index contributed by atoms with van der Waals surface area (Å²) in [6, 6.07) is 0.475. The molecule has 1 aliphatic heterocycles. The normalized spacial score (nSPS) is 33.3. The van der Waals surface area contributed by atoms with Gasteiger partial charge in [-0.2, -0.15) is 0 Å². The van der Waals surface area contributed by atoms with Crippen molar-refractivity contribution in [1.29, 1.82) is 0 Å². The van der Waals surface area contributed by atoms with E-state index in [2.05, 4.69) is 13.8 Å². The van der Waals surface area contributed by atoms with Gasteiger partial charge in [-0.05, 0) is 18.8 Å². The van der Waals surface area contributed by atoms with Crippen molar-refractivity contribution in [3.05, 3.63) is 0 Å². The first-order chi connectivity index (χ1) is 7.13. The van der Waals surface area contributed by atoms with Gasteiger partial charge in [0.1, 0.15) is 0 Å². The van der Waals surface area contributed by atoms with Gasteiger partial charge in [0.05, 0.1) is 6.04 Å². The van der Waals surface area contributed by atoms with Crippen LogP contribution in [0.25, 0.3) is 0 Å². The molecule has 1 saturated carbocycles. The van der Waals surface area contributed by atoms with Crippen molar-refractivity contribution in [2.24, 2.45) is 5.92 Å². The predicted molar refractivity (Wildman–Crippen MR) is 58.4 cm³/mol. The maximum absolute atomic E-state index is 11.7. The molecule has 2 aliphatic rings. The third-order valence-electron chi connectivity index (χ3n) is 3.80. The van der Waals surface area contributed by atoms with Crippen LogP contribution in [0.3, 0.4) is 0 Å². The lowest BCUT2D eigenvalue weighted by Crippen LogP contribution is -2.69. The topological polar surface area (TPSA) is 40.5 Å². The fraction of sp³-hybridized carbons (Fsp3) is 0.917. The number of hydrogen-bond acceptors (Lipinski definition) is 2. The standard InChI is InChI=1S/C12H21NO2/c1-8(2)10-11(14)12(15)13(10)9-6-4-3-5-7-9/h8-11,14H,3-7H2,1-2H3/t10-,11+/m0/s1. The third-order valence-corrected chi connectivity index (χ3v) is 3.80. The van der Waals surface area contributed by atoms with E-state index in [0.717, 1.165) is 12.8 Å². The van der Waals surface area contributed by atoms with Crippen LogP contribution in [0.1, 0.15) is 46.0 Å². The SMILES string of the molecule is CC(C)[C@H]1[C@@H](O)C(=O)N1C1CCCCC1. The summed E-state index contributed by atoms with van der Waals surface area (Å²) in [5.41, 5.74) is 0. The molecular weight excluding hydrogens is 190 g/mol. The van der Waals surface area contributed by atoms with E-state index in [9.17, 15) is 9.90 Å². The van der Waals surface area contributed by atoms with Gasteiger partial charge in [-0.25, -0.2) is 0 Å². The molecule has 1 aliphatic carbocycles. The number of aliphatic hydroxyl groups is 1. The van der Waals surface area contributed by atoms with Crippen molar-refractivity contribution < 1.29 is 9.90 Å². The summed E-state index contributed by atoms with van der Waals surface area (Å²) in [5.74, 6) is 0.320. The molecule has 2 atom stereocenters. The molecule has 3 nitrogen and oxygen atoms in total. The number of β-lactam (4-membered cyclic amide) rings is 1. The summed E-state index contributed by atoms with van der Waals surface area (Å²) in [6.45, 7) is 4.16. The van der Waals surface area contributed by atoms with Gasteiger partial charge in [0, 0.05) is 6.04 Å². The molecule has 0 aromatic carbocycles. The van der Waals surface area contributed by atoms with Gasteiger partial charge >= 0.3 is 0 Å². The zero-order valence-electron chi connectivity index (χ0n) is 9.65. The highest BCUT2D eigenvalue weighted by Gasteiger charge is 2.50. The van der Waals surface area contributed by atoms with Gasteiger partial charge in [-0.3, -0.25) is 4.79 Å². The smallest absolute Gasteiger partial charge is 0.254 e. The van der Waals surface area contributed by atoms with E-state index in [1.165, 1.54) is 19.3 Å². The molecule has 0 bridgehead atoms. The van der Waals surface area contributed by atoms with E-state index in [-0.39, 0.29) is 11.9 Å². The van der Waals surface area contributed by atoms with Gasteiger partial charge in [0.25, 0.3) is 5.91 Å². The Morgan fingerprint density at radius 2 is 1.87 bits per heavy atom. The van der Waals surface area contributed by atoms with Crippen LogP contribution in [-0.2, 0) is 4.79 Å². The molecular formula is C12H21NO2. The quantitative estimate of drug-likeness (QED) is 0.704. The monoisotopic (exact) mass is 211 g/mol. The maximum atomic E-state index is 11.7. The summed E-state index contributed by atoms with van der Waals surface area (Å²) in [4.78, 5) is 13.6. The van der Waals surface area contributed by atoms with E-state index >= 15 is 0 Å². The Bertz CT molecular complexity index is 246. The fourth-order valence-corrected chi connectivity index (χ4v) is 2.98. The largest absolute Gasteiger partial charge is 0.381 e. The average molecular weight is 211 g/mol. The lowest BCUT2D eigenvalue weighted by Gasteiger charge is -2.51. The van der Waals surface area contributed by atoms with Crippen LogP contribution in [0.5, 0.6) is 0 Å². The summed E-state index contributed by atoms with van der Waals surface area (Å²) in [7, 11) is 0. The zero-order valence-corrected chi connectivity index (χ0v) is 9.65. The highest BCUT2D eigenvalue weighted by atomic mass is 16.3. The number of hydrogen-bond donors (Lipinski definition) is 1. The minimum Gasteiger partial charge on any atom is -0.381 e. The number of likely N-dealkylation sites (tertiary alicyclic amines) is 1. The second-order valence-electron chi connectivity index (χ2n) is 5.22. The highest BCUT2D eigenvalue weighted by Crippen LogP contribution is 2.34. The van der Waals surface area contributed by atoms with Crippen LogP contribution in [0.15, 0.2) is 0 Å². The molecule has 0 radical (unpaired) electrons. The average Bonchev–Trinajstić information content (AvgIpc) is 2.25. The Morgan fingerprint density at radius 3 is 2.40 bits per heavy atom. The molecule has 2 fully saturated rings. The minimum atomic E-state index is -0.730. The Balaban J connectivity index is 2.03. The number of carbonyl (C=O) groups excluding carboxylic acids is 1. The first kappa shape index (κ1) is 10.9. The molecule has 0 spiro atoms. The molecule has 1 amide bonds. The van der Waals surface area contributed by atoms with Crippen molar-refractivity contribution in [3.8, 4) is 0 Å². The number of nitrogens with zero attached hydrogens (tertiary/aromatic N) is 1. The molecule has 2 rings (SSSR count). The van der Waals surface area contributed by atoms with Crippen LogP contribution < -0.4 is 0 Å². The first-order valence-corrected chi connectivity index (χ1v) is 6.13. The Morgan fingerprint density at radius 1 is 1.27 bits per heavy atom. The molecule has 15 heavy (non-hydrogen) atoms. The Labute approximate surface area is 91.5 Å². The van der Waals surface area contributed by atoms with Crippen LogP contribution >= 0.6 is 0 Å². The van der Waals surface area contributed by atoms with Crippen LogP contribution in [0.4, 0.5) is 0 Å². The molecule has 0 aromatic heterocycles. The minimum absolute atomic E-state index is 0.0411. The van der Waals surface area contributed by atoms with Crippen molar-refractivity contribution in [1.82, 2.24) is 4.90 Å². The maximum Gasteiger partial charge on any atom is 0.254 e. The number of rotatable bonds is 2. The lowest BCUT2D eigenvalue weighted by molar-refractivity contribution is -0.177. The number of amides is 1. The van der Waals surface area contributed by atoms with E-state index in [1.54, 1.807) is 0 Å². The zero-order chi connectivity index (χ0) is 11.0. The van der Waals surface area contributed by atoms with E-state index < -0.39 is 6.10 Å². The predicted octanol–water partition coefficient (Wildman–Crippen LogP) is 1.55. The summed E-state index contributed by atoms with van der Waals surface area (Å²) in [6.07, 6.45) is 5.29. The molecule has 1 saturated heterocycles. The molecule has 3 heteroatoms. The summed E-state index contributed by atoms with van der Waals surface area (Å²) < 4.78 is 0. The Hall–Kier alpha value is -0.570. The van der Waals surface area contributed by atoms with Gasteiger partial charge in [-0.15, -0.1) is 0 Å². The third kappa shape index (κ3) is 1.78. The Kier molecular flexibility index (Phi) is 3.01. The molecule has 1 heterocycles. The lowest BCUT2D eigenvalue weighted by atomic mass is 9.82. The van der Waals surface area contributed by atoms with E-state index in [1.807, 2.05) is 4.90 Å². The first-order valence-electron chi connectivity index (χ1n) is 6.13. The number of aliphatic hydroxyl groups excluding tert-OH is 1. The van der Waals surface area contributed by atoms with Gasteiger partial charge in [0.15, 0.2) is 6.10 Å². The van der Waals surface area contributed by atoms with E-state index in [0.29, 0.717) is 12.0 Å². The van der Waals surface area contributed by atoms with Gasteiger partial charge in [0.2, 0.25) is 0 Å². The van der Waals surface area contributed by atoms with Crippen LogP contribution in [0, 0.1) is 5.92 Å². The molecule has 0 unspecified atom stereocenters. The van der Waals surface area contributed by atoms with Crippen LogP contribution in [0.2, 0.25) is 0 Å². The van der Waals surface area contributed by atoms with Crippen molar-refractivity contribution in [2.75, 3.05) is 0 Å². The van der Waals surface area contributed by atoms with Crippen molar-refractivity contribution in [3.63, 3.8) is 0 Å². The summed E-state index contributed by atoms with van der Waals surface area (Å²) >= 11 is 0. The second-order valence-corrected chi connectivity index (χ2v) is 5.22. The van der Waals surface area contributed by atoms with Crippen molar-refractivity contribution in [2.45, 2.75) is 64.1 Å². The fourth-order valence-electron chi connectivity index (χ4n) is 2.98. The number of carbonyl (C=O) groups is 1. The van der Waals surface area contributed by atoms with Gasteiger partial charge < -0.3 is 10.0 Å². The van der Waals surface area contributed by atoms with E-state index in [4.69, 9.17) is 0 Å². The van der Waals surface area contributed by atoms with Crippen molar-refractivity contribution >= 4 is 5.91 Å². The molecule has 86 valence electrons. The highest BCUT2D eigenvalue weighted by molar-refractivity contribution is 5.88. The van der Waals surface area contributed by atoms with Gasteiger partial charge in [-0.1, -0.05) is 33.1 Å².